The predicted octanol–water partition coefficient (Wildman–Crippen LogP) is 1.35. The van der Waals surface area contributed by atoms with Gasteiger partial charge >= 0.3 is 5.69 Å². The van der Waals surface area contributed by atoms with Gasteiger partial charge in [0.05, 0.1) is 11.1 Å². The van der Waals surface area contributed by atoms with Crippen LogP contribution < -0.4 is 16.0 Å². The van der Waals surface area contributed by atoms with E-state index in [-0.39, 0.29) is 17.1 Å². The minimum Gasteiger partial charge on any atom is -0.452 e. The third-order valence-electron chi connectivity index (χ3n) is 3.39. The molecule has 2 heterocycles. The molecular formula is C15H11ClN2O4. The number of ketones is 1. The number of allylic oxidation sites excluding steroid dienone is 1. The standard InChI is InChI=1S/C15H11ClN2O4/c1-17-7-8(14(20)18(2)15(17)21)5-12-13(19)10-6-9(16)3-4-11(10)22-12/h3-7H,1-2H3/b12-5-. The average Bonchev–Trinajstić information content (AvgIpc) is 2.79. The van der Waals surface area contributed by atoms with Crippen molar-refractivity contribution in [3.63, 3.8) is 0 Å². The molecule has 0 saturated carbocycles. The van der Waals surface area contributed by atoms with Gasteiger partial charge in [-0.3, -0.25) is 14.2 Å². The highest BCUT2D eigenvalue weighted by Crippen LogP contribution is 2.33. The van der Waals surface area contributed by atoms with E-state index in [9.17, 15) is 14.4 Å². The number of rotatable bonds is 1. The van der Waals surface area contributed by atoms with Crippen molar-refractivity contribution in [2.24, 2.45) is 14.1 Å². The van der Waals surface area contributed by atoms with Crippen LogP contribution in [0.3, 0.4) is 0 Å². The fourth-order valence-electron chi connectivity index (χ4n) is 2.24. The van der Waals surface area contributed by atoms with Crippen LogP contribution in [-0.2, 0) is 14.1 Å². The van der Waals surface area contributed by atoms with Gasteiger partial charge in [0.2, 0.25) is 5.78 Å². The maximum Gasteiger partial charge on any atom is 0.330 e. The van der Waals surface area contributed by atoms with Gasteiger partial charge in [-0.15, -0.1) is 0 Å². The van der Waals surface area contributed by atoms with Crippen molar-refractivity contribution in [3.8, 4) is 5.75 Å². The molecule has 0 unspecified atom stereocenters. The fraction of sp³-hybridized carbons (Fsp3) is 0.133. The van der Waals surface area contributed by atoms with Crippen LogP contribution in [0.25, 0.3) is 6.08 Å². The highest BCUT2D eigenvalue weighted by molar-refractivity contribution is 6.31. The number of Topliss-reactive ketones (excluding diaryl/α,β-unsaturated/α-hetero) is 1. The third kappa shape index (κ3) is 2.17. The largest absolute Gasteiger partial charge is 0.452 e. The minimum absolute atomic E-state index is 0.0213. The summed E-state index contributed by atoms with van der Waals surface area (Å²) in [6.45, 7) is 0. The first-order valence-corrected chi connectivity index (χ1v) is 6.77. The van der Waals surface area contributed by atoms with Gasteiger partial charge in [-0.25, -0.2) is 4.79 Å². The Morgan fingerprint density at radius 1 is 1.18 bits per heavy atom. The molecule has 22 heavy (non-hydrogen) atoms. The first kappa shape index (κ1) is 14.3. The number of ether oxygens (including phenoxy) is 1. The van der Waals surface area contributed by atoms with Crippen molar-refractivity contribution < 1.29 is 9.53 Å². The summed E-state index contributed by atoms with van der Waals surface area (Å²) in [5.74, 6) is 0.0590. The number of aryl methyl sites for hydroxylation is 1. The zero-order valence-corrected chi connectivity index (χ0v) is 12.5. The van der Waals surface area contributed by atoms with E-state index in [4.69, 9.17) is 16.3 Å². The number of fused-ring (bicyclic) bond motifs is 1. The van der Waals surface area contributed by atoms with Crippen molar-refractivity contribution in [3.05, 3.63) is 67.1 Å². The van der Waals surface area contributed by atoms with E-state index in [1.165, 1.54) is 37.0 Å². The second-order valence-electron chi connectivity index (χ2n) is 4.92. The summed E-state index contributed by atoms with van der Waals surface area (Å²) in [6.07, 6.45) is 2.70. The first-order chi connectivity index (χ1) is 10.4. The SMILES string of the molecule is Cn1cc(/C=C2\Oc3ccc(Cl)cc3C2=O)c(=O)n(C)c1=O. The summed E-state index contributed by atoms with van der Waals surface area (Å²) < 4.78 is 7.69. The molecule has 7 heteroatoms. The molecule has 3 rings (SSSR count). The van der Waals surface area contributed by atoms with Crippen molar-refractivity contribution in [2.45, 2.75) is 0 Å². The molecule has 0 saturated heterocycles. The highest BCUT2D eigenvalue weighted by atomic mass is 35.5. The van der Waals surface area contributed by atoms with E-state index in [1.807, 2.05) is 0 Å². The lowest BCUT2D eigenvalue weighted by Crippen LogP contribution is -2.37. The molecule has 1 aromatic carbocycles. The Kier molecular flexibility index (Phi) is 3.26. The maximum atomic E-state index is 12.3. The Balaban J connectivity index is 2.11. The van der Waals surface area contributed by atoms with Crippen molar-refractivity contribution in [2.75, 3.05) is 0 Å². The van der Waals surface area contributed by atoms with E-state index in [1.54, 1.807) is 12.1 Å². The van der Waals surface area contributed by atoms with Gasteiger partial charge < -0.3 is 9.30 Å². The average molecular weight is 319 g/mol. The fourth-order valence-corrected chi connectivity index (χ4v) is 2.41. The van der Waals surface area contributed by atoms with Crippen LogP contribution in [0.5, 0.6) is 5.75 Å². The van der Waals surface area contributed by atoms with E-state index < -0.39 is 11.2 Å². The highest BCUT2D eigenvalue weighted by Gasteiger charge is 2.27. The zero-order chi connectivity index (χ0) is 16.0. The summed E-state index contributed by atoms with van der Waals surface area (Å²) in [4.78, 5) is 36.0. The number of hydrogen-bond donors (Lipinski definition) is 0. The van der Waals surface area contributed by atoms with Gasteiger partial charge in [-0.2, -0.15) is 0 Å². The van der Waals surface area contributed by atoms with Crippen LogP contribution in [0.2, 0.25) is 5.02 Å². The summed E-state index contributed by atoms with van der Waals surface area (Å²) in [5.41, 5.74) is -0.408. The monoisotopic (exact) mass is 318 g/mol. The summed E-state index contributed by atoms with van der Waals surface area (Å²) >= 11 is 5.86. The topological polar surface area (TPSA) is 70.3 Å². The summed E-state index contributed by atoms with van der Waals surface area (Å²) in [7, 11) is 2.90. The molecule has 0 fully saturated rings. The molecule has 0 aliphatic carbocycles. The van der Waals surface area contributed by atoms with Gasteiger partial charge in [0, 0.05) is 25.3 Å². The molecule has 0 atom stereocenters. The van der Waals surface area contributed by atoms with Crippen molar-refractivity contribution in [1.29, 1.82) is 0 Å². The lowest BCUT2D eigenvalue weighted by molar-refractivity contribution is 0.101. The van der Waals surface area contributed by atoms with Crippen molar-refractivity contribution in [1.82, 2.24) is 9.13 Å². The number of carbonyl (C=O) groups is 1. The Bertz CT molecular complexity index is 953. The lowest BCUT2D eigenvalue weighted by Gasteiger charge is -2.04. The van der Waals surface area contributed by atoms with Crippen LogP contribution in [-0.4, -0.2) is 14.9 Å². The number of aromatic nitrogens is 2. The minimum atomic E-state index is -0.499. The summed E-state index contributed by atoms with van der Waals surface area (Å²) in [6, 6.07) is 4.72. The van der Waals surface area contributed by atoms with Gasteiger partial charge in [-0.1, -0.05) is 11.6 Å². The lowest BCUT2D eigenvalue weighted by atomic mass is 10.1. The zero-order valence-electron chi connectivity index (χ0n) is 11.8. The first-order valence-electron chi connectivity index (χ1n) is 6.39. The normalized spacial score (nSPS) is 15.0. The van der Waals surface area contributed by atoms with E-state index >= 15 is 0 Å². The molecular weight excluding hydrogens is 308 g/mol. The van der Waals surface area contributed by atoms with Crippen LogP contribution in [0.15, 0.2) is 39.7 Å². The predicted molar refractivity (Wildman–Crippen MR) is 81.3 cm³/mol. The van der Waals surface area contributed by atoms with Gasteiger partial charge in [0.1, 0.15) is 5.75 Å². The van der Waals surface area contributed by atoms with Crippen molar-refractivity contribution >= 4 is 23.5 Å². The van der Waals surface area contributed by atoms with Crippen LogP contribution in [0.1, 0.15) is 15.9 Å². The Morgan fingerprint density at radius 3 is 2.64 bits per heavy atom. The maximum absolute atomic E-state index is 12.3. The molecule has 112 valence electrons. The van der Waals surface area contributed by atoms with Gasteiger partial charge in [-0.05, 0) is 24.3 Å². The molecule has 2 aromatic rings. The molecule has 6 nitrogen and oxygen atoms in total. The van der Waals surface area contributed by atoms with E-state index in [0.29, 0.717) is 16.3 Å². The molecule has 0 spiro atoms. The molecule has 1 aliphatic rings. The Labute approximate surface area is 129 Å². The molecule has 1 aromatic heterocycles. The van der Waals surface area contributed by atoms with Crippen LogP contribution in [0, 0.1) is 0 Å². The molecule has 1 aliphatic heterocycles. The number of hydrogen-bond acceptors (Lipinski definition) is 4. The van der Waals surface area contributed by atoms with Gasteiger partial charge in [0.15, 0.2) is 5.76 Å². The number of nitrogens with zero attached hydrogens (tertiary/aromatic N) is 2. The van der Waals surface area contributed by atoms with Gasteiger partial charge in [0.25, 0.3) is 5.56 Å². The smallest absolute Gasteiger partial charge is 0.330 e. The second kappa shape index (κ2) is 4.99. The molecule has 0 bridgehead atoms. The number of carbonyl (C=O) groups excluding carboxylic acids is 1. The third-order valence-corrected chi connectivity index (χ3v) is 3.62. The van der Waals surface area contributed by atoms with Crippen LogP contribution in [0.4, 0.5) is 0 Å². The molecule has 0 radical (unpaired) electrons. The van der Waals surface area contributed by atoms with E-state index in [0.717, 1.165) is 4.57 Å². The number of halogens is 1. The second-order valence-corrected chi connectivity index (χ2v) is 5.36. The quantitative estimate of drug-likeness (QED) is 0.744. The van der Waals surface area contributed by atoms with E-state index in [2.05, 4.69) is 0 Å². The molecule has 0 amide bonds. The summed E-state index contributed by atoms with van der Waals surface area (Å²) in [5, 5.41) is 0.426. The molecule has 0 N–H and O–H groups in total. The Morgan fingerprint density at radius 2 is 1.91 bits per heavy atom. The number of benzene rings is 1. The van der Waals surface area contributed by atoms with Crippen LogP contribution >= 0.6 is 11.6 Å². The Hall–Kier alpha value is -2.60.